The molecular weight excluding hydrogens is 270 g/mol. The first-order valence-corrected chi connectivity index (χ1v) is 7.68. The molecule has 0 aliphatic heterocycles. The third-order valence-electron chi connectivity index (χ3n) is 2.44. The number of nitrogens with one attached hydrogen (secondary N) is 1. The summed E-state index contributed by atoms with van der Waals surface area (Å²) in [6.45, 7) is 0. The molecule has 1 saturated carbocycles. The average molecular weight is 282 g/mol. The molecule has 0 radical (unpaired) electrons. The van der Waals surface area contributed by atoms with Crippen molar-refractivity contribution < 1.29 is 13.3 Å². The van der Waals surface area contributed by atoms with Gasteiger partial charge in [0, 0.05) is 0 Å². The topological polar surface area (TPSA) is 55.4 Å². The van der Waals surface area contributed by atoms with Crippen LogP contribution in [-0.2, 0) is 14.9 Å². The minimum atomic E-state index is -3.57. The highest BCUT2D eigenvalue weighted by Crippen LogP contribution is 2.26. The van der Waals surface area contributed by atoms with E-state index in [0.29, 0.717) is 4.34 Å². The van der Waals surface area contributed by atoms with E-state index in [2.05, 4.69) is 4.89 Å². The first kappa shape index (κ1) is 12.3. The Bertz CT molecular complexity index is 451. The summed E-state index contributed by atoms with van der Waals surface area (Å²) in [7, 11) is -3.57. The number of thiophene rings is 1. The number of hydrogen-bond acceptors (Lipinski definition) is 4. The Morgan fingerprint density at radius 3 is 2.62 bits per heavy atom. The zero-order valence-electron chi connectivity index (χ0n) is 8.48. The predicted octanol–water partition coefficient (Wildman–Crippen LogP) is 2.55. The van der Waals surface area contributed by atoms with Gasteiger partial charge in [-0.15, -0.1) is 11.3 Å². The molecule has 4 nitrogen and oxygen atoms in total. The molecule has 0 unspecified atom stereocenters. The zero-order chi connectivity index (χ0) is 11.6. The highest BCUT2D eigenvalue weighted by Gasteiger charge is 2.21. The van der Waals surface area contributed by atoms with Crippen LogP contribution >= 0.6 is 22.9 Å². The van der Waals surface area contributed by atoms with Gasteiger partial charge in [0.2, 0.25) is 0 Å². The van der Waals surface area contributed by atoms with Gasteiger partial charge >= 0.3 is 0 Å². The van der Waals surface area contributed by atoms with Crippen molar-refractivity contribution in [3.63, 3.8) is 0 Å². The Morgan fingerprint density at radius 2 is 2.06 bits per heavy atom. The third kappa shape index (κ3) is 2.95. The monoisotopic (exact) mass is 281 g/mol. The second-order valence-corrected chi connectivity index (χ2v) is 7.26. The van der Waals surface area contributed by atoms with Crippen LogP contribution < -0.4 is 4.89 Å². The van der Waals surface area contributed by atoms with Crippen molar-refractivity contribution in [3.8, 4) is 0 Å². The number of sulfonamides is 1. The second kappa shape index (κ2) is 5.01. The molecule has 1 heterocycles. The molecule has 1 aromatic rings. The van der Waals surface area contributed by atoms with Gasteiger partial charge in [-0.25, -0.2) is 8.42 Å². The normalized spacial score (nSPS) is 18.1. The summed E-state index contributed by atoms with van der Waals surface area (Å²) < 4.78 is 24.1. The van der Waals surface area contributed by atoms with Crippen molar-refractivity contribution in [2.45, 2.75) is 36.0 Å². The Morgan fingerprint density at radius 1 is 1.38 bits per heavy atom. The van der Waals surface area contributed by atoms with E-state index in [9.17, 15) is 8.42 Å². The smallest absolute Gasteiger partial charge is 0.271 e. The van der Waals surface area contributed by atoms with Crippen LogP contribution in [0.1, 0.15) is 25.7 Å². The molecule has 1 aromatic heterocycles. The molecule has 7 heteroatoms. The van der Waals surface area contributed by atoms with Crippen LogP contribution in [0.2, 0.25) is 4.34 Å². The lowest BCUT2D eigenvalue weighted by Crippen LogP contribution is -2.27. The van der Waals surface area contributed by atoms with E-state index in [1.54, 1.807) is 6.07 Å². The van der Waals surface area contributed by atoms with Gasteiger partial charge in [0.15, 0.2) is 0 Å². The van der Waals surface area contributed by atoms with Gasteiger partial charge in [-0.1, -0.05) is 29.3 Å². The summed E-state index contributed by atoms with van der Waals surface area (Å²) in [6.07, 6.45) is 4.01. The second-order valence-electron chi connectivity index (χ2n) is 3.67. The van der Waals surface area contributed by atoms with Crippen molar-refractivity contribution in [2.75, 3.05) is 0 Å². The van der Waals surface area contributed by atoms with Crippen molar-refractivity contribution in [1.29, 1.82) is 0 Å². The summed E-state index contributed by atoms with van der Waals surface area (Å²) >= 11 is 6.69. The quantitative estimate of drug-likeness (QED) is 0.863. The van der Waals surface area contributed by atoms with Crippen LogP contribution in [0.15, 0.2) is 16.3 Å². The maximum atomic E-state index is 11.7. The lowest BCUT2D eigenvalue weighted by Gasteiger charge is -2.10. The van der Waals surface area contributed by atoms with E-state index in [-0.39, 0.29) is 10.3 Å². The van der Waals surface area contributed by atoms with Gasteiger partial charge in [-0.2, -0.15) is 0 Å². The molecule has 1 aliphatic carbocycles. The summed E-state index contributed by atoms with van der Waals surface area (Å²) in [4.78, 5) is 7.31. The van der Waals surface area contributed by atoms with Crippen LogP contribution in [0.4, 0.5) is 0 Å². The van der Waals surface area contributed by atoms with Gasteiger partial charge < -0.3 is 0 Å². The number of halogens is 1. The molecule has 0 spiro atoms. The van der Waals surface area contributed by atoms with Gasteiger partial charge in [0.05, 0.1) is 10.4 Å². The summed E-state index contributed by atoms with van der Waals surface area (Å²) in [5.74, 6) is 0. The maximum Gasteiger partial charge on any atom is 0.271 e. The molecule has 16 heavy (non-hydrogen) atoms. The van der Waals surface area contributed by atoms with Crippen LogP contribution in [-0.4, -0.2) is 14.5 Å². The fourth-order valence-electron chi connectivity index (χ4n) is 1.62. The van der Waals surface area contributed by atoms with Gasteiger partial charge in [0.25, 0.3) is 10.0 Å². The Hall–Kier alpha value is -0.140. The van der Waals surface area contributed by atoms with Gasteiger partial charge in [0.1, 0.15) is 4.21 Å². The summed E-state index contributed by atoms with van der Waals surface area (Å²) in [6, 6.07) is 3.02. The molecule has 1 aliphatic rings. The van der Waals surface area contributed by atoms with E-state index in [4.69, 9.17) is 16.4 Å². The highest BCUT2D eigenvalue weighted by atomic mass is 35.5. The Labute approximate surface area is 104 Å². The molecule has 0 saturated heterocycles. The minimum absolute atomic E-state index is 0.00482. The van der Waals surface area contributed by atoms with Crippen LogP contribution in [0, 0.1) is 0 Å². The highest BCUT2D eigenvalue weighted by molar-refractivity contribution is 7.91. The summed E-state index contributed by atoms with van der Waals surface area (Å²) in [5.41, 5.74) is 0. The summed E-state index contributed by atoms with van der Waals surface area (Å²) in [5, 5.41) is 0. The van der Waals surface area contributed by atoms with Crippen molar-refractivity contribution in [2.24, 2.45) is 0 Å². The Kier molecular flexibility index (Phi) is 3.86. The number of hydrogen-bond donors (Lipinski definition) is 1. The SMILES string of the molecule is O=S(=O)(NOC1CCCC1)c1ccc(Cl)s1. The van der Waals surface area contributed by atoms with Gasteiger partial charge in [-0.05, 0) is 25.0 Å². The lowest BCUT2D eigenvalue weighted by molar-refractivity contribution is 0.0224. The van der Waals surface area contributed by atoms with Crippen LogP contribution in [0.25, 0.3) is 0 Å². The van der Waals surface area contributed by atoms with E-state index < -0.39 is 10.0 Å². The minimum Gasteiger partial charge on any atom is -0.284 e. The molecule has 1 N–H and O–H groups in total. The van der Waals surface area contributed by atoms with Crippen LogP contribution in [0.5, 0.6) is 0 Å². The van der Waals surface area contributed by atoms with E-state index in [0.717, 1.165) is 37.0 Å². The fourth-order valence-corrected chi connectivity index (χ4v) is 3.94. The molecule has 2 rings (SSSR count). The molecule has 0 bridgehead atoms. The first-order chi connectivity index (χ1) is 7.58. The van der Waals surface area contributed by atoms with Crippen molar-refractivity contribution in [1.82, 2.24) is 4.89 Å². The van der Waals surface area contributed by atoms with Crippen molar-refractivity contribution in [3.05, 3.63) is 16.5 Å². The average Bonchev–Trinajstić information content (AvgIpc) is 2.85. The van der Waals surface area contributed by atoms with Crippen LogP contribution in [0.3, 0.4) is 0 Å². The lowest BCUT2D eigenvalue weighted by atomic mass is 10.3. The van der Waals surface area contributed by atoms with E-state index in [1.165, 1.54) is 6.07 Å². The molecule has 0 aromatic carbocycles. The maximum absolute atomic E-state index is 11.7. The molecular formula is C9H12ClNO3S2. The van der Waals surface area contributed by atoms with Crippen molar-refractivity contribution >= 4 is 33.0 Å². The predicted molar refractivity (Wildman–Crippen MR) is 63.0 cm³/mol. The zero-order valence-corrected chi connectivity index (χ0v) is 10.9. The molecule has 1 fully saturated rings. The number of rotatable bonds is 4. The van der Waals surface area contributed by atoms with E-state index in [1.807, 2.05) is 0 Å². The third-order valence-corrected chi connectivity index (χ3v) is 5.36. The van der Waals surface area contributed by atoms with Gasteiger partial charge in [-0.3, -0.25) is 4.84 Å². The largest absolute Gasteiger partial charge is 0.284 e. The fraction of sp³-hybridized carbons (Fsp3) is 0.556. The molecule has 0 atom stereocenters. The van der Waals surface area contributed by atoms with E-state index >= 15 is 0 Å². The standard InChI is InChI=1S/C9H12ClNO3S2/c10-8-5-6-9(15-8)16(12,13)11-14-7-3-1-2-4-7/h5-7,11H,1-4H2. The molecule has 0 amide bonds. The Balaban J connectivity index is 1.97. The first-order valence-electron chi connectivity index (χ1n) is 5.01. The molecule has 90 valence electrons.